The molecule has 0 unspecified atom stereocenters. The summed E-state index contributed by atoms with van der Waals surface area (Å²) in [6.07, 6.45) is 0.977. The summed E-state index contributed by atoms with van der Waals surface area (Å²) in [6.45, 7) is 5.82. The maximum atomic E-state index is 12.2. The van der Waals surface area contributed by atoms with Crippen LogP contribution in [0.4, 0.5) is 11.4 Å². The lowest BCUT2D eigenvalue weighted by atomic mass is 9.95. The van der Waals surface area contributed by atoms with Gasteiger partial charge in [-0.1, -0.05) is 26.8 Å². The molecule has 2 amide bonds. The van der Waals surface area contributed by atoms with Gasteiger partial charge in [-0.15, -0.1) is 0 Å². The van der Waals surface area contributed by atoms with Crippen LogP contribution in [0.3, 0.4) is 0 Å². The van der Waals surface area contributed by atoms with E-state index in [2.05, 4.69) is 10.6 Å². The minimum absolute atomic E-state index is 0.0528. The predicted octanol–water partition coefficient (Wildman–Crippen LogP) is 3.97. The molecule has 27 heavy (non-hydrogen) atoms. The van der Waals surface area contributed by atoms with E-state index in [1.165, 1.54) is 0 Å². The number of rotatable bonds is 5. The van der Waals surface area contributed by atoms with Gasteiger partial charge in [-0.25, -0.2) is 0 Å². The van der Waals surface area contributed by atoms with E-state index in [4.69, 9.17) is 9.47 Å². The minimum atomic E-state index is -0.457. The summed E-state index contributed by atoms with van der Waals surface area (Å²) in [5.41, 5.74) is 1.96. The number of carbonyl (C=O) groups excluding carboxylic acids is 2. The second-order valence-corrected chi connectivity index (χ2v) is 7.52. The van der Waals surface area contributed by atoms with E-state index in [1.54, 1.807) is 24.3 Å². The summed E-state index contributed by atoms with van der Waals surface area (Å²) >= 11 is 0. The van der Waals surface area contributed by atoms with Crippen molar-refractivity contribution in [1.29, 1.82) is 0 Å². The molecule has 0 radical (unpaired) electrons. The van der Waals surface area contributed by atoms with Crippen molar-refractivity contribution in [2.24, 2.45) is 5.41 Å². The van der Waals surface area contributed by atoms with Gasteiger partial charge in [0.05, 0.1) is 0 Å². The number of hydrogen-bond donors (Lipinski definition) is 2. The number of fused-ring (bicyclic) bond motifs is 1. The van der Waals surface area contributed by atoms with Crippen LogP contribution in [-0.2, 0) is 16.0 Å². The van der Waals surface area contributed by atoms with Crippen LogP contribution in [0.2, 0.25) is 0 Å². The van der Waals surface area contributed by atoms with Gasteiger partial charge in [-0.05, 0) is 48.4 Å². The fourth-order valence-corrected chi connectivity index (χ4v) is 2.53. The van der Waals surface area contributed by atoms with E-state index >= 15 is 0 Å². The van der Waals surface area contributed by atoms with Crippen molar-refractivity contribution >= 4 is 23.2 Å². The Morgan fingerprint density at radius 2 is 1.56 bits per heavy atom. The van der Waals surface area contributed by atoms with E-state index in [-0.39, 0.29) is 18.6 Å². The molecule has 2 N–H and O–H groups in total. The Bertz CT molecular complexity index is 838. The van der Waals surface area contributed by atoms with Crippen molar-refractivity contribution in [2.75, 3.05) is 17.4 Å². The normalized spacial score (nSPS) is 12.6. The number of nitrogens with one attached hydrogen (secondary N) is 2. The van der Waals surface area contributed by atoms with Crippen molar-refractivity contribution in [2.45, 2.75) is 33.6 Å². The Morgan fingerprint density at radius 3 is 2.22 bits per heavy atom. The summed E-state index contributed by atoms with van der Waals surface area (Å²) in [7, 11) is 0. The molecule has 2 aromatic carbocycles. The highest BCUT2D eigenvalue weighted by atomic mass is 16.7. The molecule has 3 rings (SSSR count). The molecule has 0 aromatic heterocycles. The van der Waals surface area contributed by atoms with Gasteiger partial charge >= 0.3 is 0 Å². The highest BCUT2D eigenvalue weighted by molar-refractivity contribution is 5.95. The monoisotopic (exact) mass is 368 g/mol. The Hall–Kier alpha value is -3.02. The first-order valence-corrected chi connectivity index (χ1v) is 8.91. The predicted molar refractivity (Wildman–Crippen MR) is 104 cm³/mol. The molecule has 1 aliphatic heterocycles. The summed E-state index contributed by atoms with van der Waals surface area (Å²) in [5, 5.41) is 5.72. The third-order valence-electron chi connectivity index (χ3n) is 4.19. The lowest BCUT2D eigenvalue weighted by Gasteiger charge is -2.17. The molecule has 0 fully saturated rings. The molecular weight excluding hydrogens is 344 g/mol. The number of hydrogen-bond acceptors (Lipinski definition) is 4. The average Bonchev–Trinajstić information content (AvgIpc) is 3.08. The van der Waals surface area contributed by atoms with Crippen molar-refractivity contribution in [3.8, 4) is 11.5 Å². The summed E-state index contributed by atoms with van der Waals surface area (Å²) in [4.78, 5) is 24.2. The molecular formula is C21H24N2O4. The van der Waals surface area contributed by atoms with Gasteiger partial charge in [0.2, 0.25) is 18.6 Å². The highest BCUT2D eigenvalue weighted by Crippen LogP contribution is 2.32. The molecule has 0 atom stereocenters. The number of carbonyl (C=O) groups is 2. The Morgan fingerprint density at radius 1 is 0.926 bits per heavy atom. The van der Waals surface area contributed by atoms with E-state index < -0.39 is 5.41 Å². The second-order valence-electron chi connectivity index (χ2n) is 7.52. The van der Waals surface area contributed by atoms with Gasteiger partial charge in [0.25, 0.3) is 0 Å². The lowest BCUT2D eigenvalue weighted by Crippen LogP contribution is -2.27. The van der Waals surface area contributed by atoms with Crippen molar-refractivity contribution < 1.29 is 19.1 Å². The van der Waals surface area contributed by atoms with Crippen LogP contribution < -0.4 is 20.1 Å². The van der Waals surface area contributed by atoms with Crippen LogP contribution in [0, 0.1) is 5.41 Å². The van der Waals surface area contributed by atoms with Gasteiger partial charge in [0.15, 0.2) is 11.5 Å². The van der Waals surface area contributed by atoms with Crippen molar-refractivity contribution in [1.82, 2.24) is 0 Å². The maximum Gasteiger partial charge on any atom is 0.231 e. The molecule has 0 aliphatic carbocycles. The van der Waals surface area contributed by atoms with E-state index in [1.807, 2.05) is 39.0 Å². The molecule has 142 valence electrons. The third kappa shape index (κ3) is 5.00. The van der Waals surface area contributed by atoms with Crippen LogP contribution in [-0.4, -0.2) is 18.6 Å². The second kappa shape index (κ2) is 7.70. The molecule has 0 spiro atoms. The van der Waals surface area contributed by atoms with Crippen LogP contribution in [0.1, 0.15) is 32.8 Å². The number of benzene rings is 2. The quantitative estimate of drug-likeness (QED) is 0.837. The highest BCUT2D eigenvalue weighted by Gasteiger charge is 2.21. The summed E-state index contributed by atoms with van der Waals surface area (Å²) in [6, 6.07) is 12.8. The van der Waals surface area contributed by atoms with Crippen molar-refractivity contribution in [3.63, 3.8) is 0 Å². The van der Waals surface area contributed by atoms with E-state index in [9.17, 15) is 9.59 Å². The molecule has 0 saturated heterocycles. The van der Waals surface area contributed by atoms with Crippen LogP contribution in [0.15, 0.2) is 42.5 Å². The Labute approximate surface area is 158 Å². The van der Waals surface area contributed by atoms with Gasteiger partial charge in [0.1, 0.15) is 0 Å². The van der Waals surface area contributed by atoms with Gasteiger partial charge in [0, 0.05) is 23.2 Å². The van der Waals surface area contributed by atoms with E-state index in [0.717, 1.165) is 17.1 Å². The fourth-order valence-electron chi connectivity index (χ4n) is 2.53. The Balaban J connectivity index is 1.50. The zero-order chi connectivity index (χ0) is 19.4. The maximum absolute atomic E-state index is 12.2. The van der Waals surface area contributed by atoms with Crippen molar-refractivity contribution in [3.05, 3.63) is 48.0 Å². The fraction of sp³-hybridized carbons (Fsp3) is 0.333. The van der Waals surface area contributed by atoms with Crippen LogP contribution in [0.5, 0.6) is 11.5 Å². The summed E-state index contributed by atoms with van der Waals surface area (Å²) < 4.78 is 10.6. The molecule has 2 aromatic rings. The molecule has 6 heteroatoms. The molecule has 1 aliphatic rings. The zero-order valence-electron chi connectivity index (χ0n) is 15.8. The minimum Gasteiger partial charge on any atom is -0.454 e. The third-order valence-corrected chi connectivity index (χ3v) is 4.19. The molecule has 0 bridgehead atoms. The standard InChI is InChI=1S/C21H24N2O4/c1-21(2,3)20(25)23-16-8-6-15(7-9-16)22-19(24)11-5-14-4-10-17-18(12-14)27-13-26-17/h4,6-10,12H,5,11,13H2,1-3H3,(H,22,24)(H,23,25). The summed E-state index contributed by atoms with van der Waals surface area (Å²) in [5.74, 6) is 1.34. The first-order chi connectivity index (χ1) is 12.8. The van der Waals surface area contributed by atoms with Gasteiger partial charge in [-0.2, -0.15) is 0 Å². The molecule has 0 saturated carbocycles. The first-order valence-electron chi connectivity index (χ1n) is 8.91. The largest absolute Gasteiger partial charge is 0.454 e. The average molecular weight is 368 g/mol. The number of ether oxygens (including phenoxy) is 2. The SMILES string of the molecule is CC(C)(C)C(=O)Nc1ccc(NC(=O)CCc2ccc3c(c2)OCO3)cc1. The zero-order valence-corrected chi connectivity index (χ0v) is 15.8. The smallest absolute Gasteiger partial charge is 0.231 e. The van der Waals surface area contributed by atoms with Gasteiger partial charge in [-0.3, -0.25) is 9.59 Å². The number of aryl methyl sites for hydroxylation is 1. The molecule has 6 nitrogen and oxygen atoms in total. The number of amides is 2. The van der Waals surface area contributed by atoms with Gasteiger partial charge < -0.3 is 20.1 Å². The van der Waals surface area contributed by atoms with Crippen LogP contribution in [0.25, 0.3) is 0 Å². The van der Waals surface area contributed by atoms with Crippen LogP contribution >= 0.6 is 0 Å². The topological polar surface area (TPSA) is 76.7 Å². The first kappa shape index (κ1) is 18.8. The molecule has 1 heterocycles. The van der Waals surface area contributed by atoms with E-state index in [0.29, 0.717) is 24.2 Å². The lowest BCUT2D eigenvalue weighted by molar-refractivity contribution is -0.123. The number of anilines is 2. The Kier molecular flexibility index (Phi) is 5.35.